The van der Waals surface area contributed by atoms with Crippen molar-refractivity contribution >= 4 is 17.3 Å². The van der Waals surface area contributed by atoms with E-state index < -0.39 is 0 Å². The first-order valence-corrected chi connectivity index (χ1v) is 7.47. The Morgan fingerprint density at radius 3 is 2.44 bits per heavy atom. The zero-order valence-electron chi connectivity index (χ0n) is 11.6. The maximum Gasteiger partial charge on any atom is 0.0821 e. The van der Waals surface area contributed by atoms with Crippen LogP contribution in [0.15, 0.2) is 12.4 Å². The Kier molecular flexibility index (Phi) is 7.11. The Morgan fingerprint density at radius 2 is 1.78 bits per heavy atom. The van der Waals surface area contributed by atoms with Crippen LogP contribution in [0.1, 0.15) is 70.3 Å². The van der Waals surface area contributed by atoms with Crippen LogP contribution >= 0.6 is 11.6 Å². The molecule has 102 valence electrons. The molecule has 0 aliphatic carbocycles. The first-order valence-electron chi connectivity index (χ1n) is 7.09. The number of aromatic nitrogens is 1. The van der Waals surface area contributed by atoms with E-state index in [1.165, 1.54) is 44.9 Å². The maximum absolute atomic E-state index is 6.09. The first-order chi connectivity index (χ1) is 8.70. The Labute approximate surface area is 116 Å². The summed E-state index contributed by atoms with van der Waals surface area (Å²) in [5.41, 5.74) is 7.96. The summed E-state index contributed by atoms with van der Waals surface area (Å²) in [6.07, 6.45) is 12.2. The van der Waals surface area contributed by atoms with Crippen LogP contribution < -0.4 is 5.73 Å². The van der Waals surface area contributed by atoms with Gasteiger partial charge in [-0.3, -0.25) is 4.98 Å². The van der Waals surface area contributed by atoms with E-state index in [2.05, 4.69) is 18.8 Å². The number of nitrogens with two attached hydrogens (primary N) is 1. The van der Waals surface area contributed by atoms with Gasteiger partial charge < -0.3 is 5.73 Å². The number of nitrogens with zero attached hydrogens (tertiary/aromatic N) is 1. The lowest BCUT2D eigenvalue weighted by Crippen LogP contribution is -2.05. The zero-order valence-corrected chi connectivity index (χ0v) is 12.3. The second-order valence-electron chi connectivity index (χ2n) is 4.96. The van der Waals surface area contributed by atoms with Gasteiger partial charge in [-0.1, -0.05) is 57.6 Å². The third kappa shape index (κ3) is 4.49. The van der Waals surface area contributed by atoms with Crippen LogP contribution in [0.4, 0.5) is 5.69 Å². The molecule has 2 N–H and O–H groups in total. The number of pyridine rings is 1. The molecule has 1 aromatic rings. The lowest BCUT2D eigenvalue weighted by Gasteiger charge is -2.19. The molecule has 2 nitrogen and oxygen atoms in total. The second-order valence-corrected chi connectivity index (χ2v) is 5.37. The van der Waals surface area contributed by atoms with Crippen molar-refractivity contribution in [2.75, 3.05) is 5.73 Å². The number of halogens is 1. The summed E-state index contributed by atoms with van der Waals surface area (Å²) in [6, 6.07) is 0. The van der Waals surface area contributed by atoms with Crippen LogP contribution in [0.3, 0.4) is 0 Å². The van der Waals surface area contributed by atoms with Gasteiger partial charge in [-0.2, -0.15) is 0 Å². The number of unbranched alkanes of at least 4 members (excludes halogenated alkanes) is 3. The van der Waals surface area contributed by atoms with Gasteiger partial charge in [0.25, 0.3) is 0 Å². The van der Waals surface area contributed by atoms with Crippen molar-refractivity contribution in [2.24, 2.45) is 0 Å². The Balaban J connectivity index is 2.76. The largest absolute Gasteiger partial charge is 0.397 e. The molecule has 0 spiro atoms. The van der Waals surface area contributed by atoms with Crippen LogP contribution in [0, 0.1) is 0 Å². The summed E-state index contributed by atoms with van der Waals surface area (Å²) in [6.45, 7) is 4.46. The highest BCUT2D eigenvalue weighted by Gasteiger charge is 2.15. The summed E-state index contributed by atoms with van der Waals surface area (Å²) >= 11 is 6.07. The molecule has 1 atom stereocenters. The molecule has 0 saturated heterocycles. The minimum Gasteiger partial charge on any atom is -0.397 e. The van der Waals surface area contributed by atoms with Gasteiger partial charge in [0, 0.05) is 12.4 Å². The number of anilines is 1. The summed E-state index contributed by atoms with van der Waals surface area (Å²) < 4.78 is 0. The van der Waals surface area contributed by atoms with Gasteiger partial charge in [0.15, 0.2) is 0 Å². The van der Waals surface area contributed by atoms with Crippen LogP contribution in [-0.2, 0) is 0 Å². The average molecular weight is 269 g/mol. The van der Waals surface area contributed by atoms with Crippen molar-refractivity contribution in [2.45, 2.75) is 64.7 Å². The SMILES string of the molecule is CCCCCC(CCCC)c1cncc(Cl)c1N. The average Bonchev–Trinajstić information content (AvgIpc) is 2.37. The number of rotatable bonds is 8. The minimum atomic E-state index is 0.516. The molecule has 0 amide bonds. The maximum atomic E-state index is 6.09. The van der Waals surface area contributed by atoms with E-state index in [9.17, 15) is 0 Å². The normalized spacial score (nSPS) is 12.6. The van der Waals surface area contributed by atoms with Gasteiger partial charge in [-0.05, 0) is 24.3 Å². The van der Waals surface area contributed by atoms with Gasteiger partial charge in [0.2, 0.25) is 0 Å². The molecule has 1 unspecified atom stereocenters. The monoisotopic (exact) mass is 268 g/mol. The van der Waals surface area contributed by atoms with Crippen LogP contribution in [-0.4, -0.2) is 4.98 Å². The fourth-order valence-corrected chi connectivity index (χ4v) is 2.50. The Bertz CT molecular complexity index is 352. The first kappa shape index (κ1) is 15.3. The molecule has 0 fully saturated rings. The molecule has 3 heteroatoms. The number of hydrogen-bond acceptors (Lipinski definition) is 2. The van der Waals surface area contributed by atoms with Crippen molar-refractivity contribution in [1.82, 2.24) is 4.98 Å². The topological polar surface area (TPSA) is 38.9 Å². The highest BCUT2D eigenvalue weighted by atomic mass is 35.5. The number of hydrogen-bond donors (Lipinski definition) is 1. The van der Waals surface area contributed by atoms with Crippen LogP contribution in [0.25, 0.3) is 0 Å². The fourth-order valence-electron chi connectivity index (χ4n) is 2.33. The summed E-state index contributed by atoms with van der Waals surface area (Å²) in [7, 11) is 0. The van der Waals surface area contributed by atoms with Gasteiger partial charge >= 0.3 is 0 Å². The molecule has 0 saturated carbocycles. The third-order valence-electron chi connectivity index (χ3n) is 3.47. The van der Waals surface area contributed by atoms with Gasteiger partial charge in [0.05, 0.1) is 10.7 Å². The van der Waals surface area contributed by atoms with Crippen molar-refractivity contribution in [3.8, 4) is 0 Å². The summed E-state index contributed by atoms with van der Waals surface area (Å²) in [5, 5.41) is 0.587. The molecule has 18 heavy (non-hydrogen) atoms. The zero-order chi connectivity index (χ0) is 13.4. The molecule has 1 aromatic heterocycles. The molecule has 1 rings (SSSR count). The fraction of sp³-hybridized carbons (Fsp3) is 0.667. The van der Waals surface area contributed by atoms with E-state index in [1.807, 2.05) is 6.20 Å². The Morgan fingerprint density at radius 1 is 1.11 bits per heavy atom. The molecule has 0 aliphatic heterocycles. The van der Waals surface area contributed by atoms with E-state index in [4.69, 9.17) is 17.3 Å². The van der Waals surface area contributed by atoms with Gasteiger partial charge in [-0.15, -0.1) is 0 Å². The van der Waals surface area contributed by atoms with E-state index in [0.29, 0.717) is 10.9 Å². The van der Waals surface area contributed by atoms with E-state index in [1.54, 1.807) is 6.20 Å². The van der Waals surface area contributed by atoms with Crippen molar-refractivity contribution in [1.29, 1.82) is 0 Å². The summed E-state index contributed by atoms with van der Waals surface area (Å²) in [5.74, 6) is 0.516. The van der Waals surface area contributed by atoms with Crippen molar-refractivity contribution in [3.63, 3.8) is 0 Å². The quantitative estimate of drug-likeness (QED) is 0.661. The van der Waals surface area contributed by atoms with Crippen LogP contribution in [0.2, 0.25) is 5.02 Å². The number of nitrogen functional groups attached to an aromatic ring is 1. The predicted molar refractivity (Wildman–Crippen MR) is 80.1 cm³/mol. The molecule has 1 heterocycles. The highest BCUT2D eigenvalue weighted by molar-refractivity contribution is 6.33. The van der Waals surface area contributed by atoms with Gasteiger partial charge in [0.1, 0.15) is 0 Å². The third-order valence-corrected chi connectivity index (χ3v) is 3.77. The molecular formula is C15H25ClN2. The summed E-state index contributed by atoms with van der Waals surface area (Å²) in [4.78, 5) is 4.19. The second kappa shape index (κ2) is 8.36. The standard InChI is InChI=1S/C15H25ClN2/c1-3-5-7-9-12(8-6-4-2)13-10-18-11-14(16)15(13)17/h10-12H,3-9H2,1-2H3,(H2,17,18). The highest BCUT2D eigenvalue weighted by Crippen LogP contribution is 2.34. The van der Waals surface area contributed by atoms with Gasteiger partial charge in [-0.25, -0.2) is 0 Å². The molecule has 0 aromatic carbocycles. The lowest BCUT2D eigenvalue weighted by molar-refractivity contribution is 0.515. The van der Waals surface area contributed by atoms with E-state index in [0.717, 1.165) is 11.3 Å². The lowest BCUT2D eigenvalue weighted by atomic mass is 9.89. The molecule has 0 aliphatic rings. The minimum absolute atomic E-state index is 0.516. The van der Waals surface area contributed by atoms with Crippen molar-refractivity contribution < 1.29 is 0 Å². The van der Waals surface area contributed by atoms with Crippen molar-refractivity contribution in [3.05, 3.63) is 23.0 Å². The van der Waals surface area contributed by atoms with E-state index >= 15 is 0 Å². The predicted octanol–water partition coefficient (Wildman–Crippen LogP) is 5.17. The van der Waals surface area contributed by atoms with E-state index in [-0.39, 0.29) is 0 Å². The molecular weight excluding hydrogens is 244 g/mol. The Hall–Kier alpha value is -0.760. The molecule has 0 radical (unpaired) electrons. The molecule has 0 bridgehead atoms. The smallest absolute Gasteiger partial charge is 0.0821 e. The van der Waals surface area contributed by atoms with Crippen LogP contribution in [0.5, 0.6) is 0 Å².